The third-order valence-corrected chi connectivity index (χ3v) is 6.25. The van der Waals surface area contributed by atoms with Crippen LogP contribution in [0.25, 0.3) is 5.69 Å². The maximum atomic E-state index is 13.2. The van der Waals surface area contributed by atoms with Crippen LogP contribution in [-0.4, -0.2) is 52.0 Å². The standard InChI is InChI=1S/C23H23N5O4S/c1-32-18-11-7-16(8-12-18)21(30)25-22-19(23(31)27-13-3-2-4-14-27)26-28(33-22)17-9-5-15(6-10-17)20(24)29/h5-12H,2-4,13-14H2,1H3,(H2,24,29). The largest absolute Gasteiger partial charge is 0.497 e. The number of likely N-dealkylation sites (tertiary alicyclic amines) is 1. The molecule has 9 nitrogen and oxygen atoms in total. The fourth-order valence-electron chi connectivity index (χ4n) is 3.49. The Balaban J connectivity index is 1.74. The molecule has 4 rings (SSSR count). The number of aromatic nitrogens is 2. The highest BCUT2D eigenvalue weighted by Crippen LogP contribution is 2.16. The van der Waals surface area contributed by atoms with Gasteiger partial charge in [0.15, 0.2) is 10.4 Å². The molecule has 2 aromatic carbocycles. The zero-order valence-corrected chi connectivity index (χ0v) is 18.9. The Hall–Kier alpha value is -3.79. The summed E-state index contributed by atoms with van der Waals surface area (Å²) in [6, 6.07) is 13.1. The molecule has 2 heterocycles. The van der Waals surface area contributed by atoms with Crippen LogP contribution in [0.1, 0.15) is 50.5 Å². The number of methoxy groups -OCH3 is 1. The normalized spacial score (nSPS) is 14.2. The maximum Gasteiger partial charge on any atom is 0.278 e. The van der Waals surface area contributed by atoms with E-state index in [4.69, 9.17) is 10.5 Å². The van der Waals surface area contributed by atoms with E-state index in [9.17, 15) is 14.4 Å². The molecular weight excluding hydrogens is 442 g/mol. The van der Waals surface area contributed by atoms with Crippen molar-refractivity contribution >= 4 is 29.3 Å². The molecule has 0 saturated carbocycles. The highest BCUT2D eigenvalue weighted by molar-refractivity contribution is 7.04. The Labute approximate surface area is 194 Å². The van der Waals surface area contributed by atoms with Gasteiger partial charge in [0.2, 0.25) is 5.91 Å². The van der Waals surface area contributed by atoms with Gasteiger partial charge in [0.05, 0.1) is 12.8 Å². The van der Waals surface area contributed by atoms with Crippen molar-refractivity contribution in [2.75, 3.05) is 20.2 Å². The van der Waals surface area contributed by atoms with Gasteiger partial charge >= 0.3 is 0 Å². The lowest BCUT2D eigenvalue weighted by Crippen LogP contribution is -2.38. The zero-order valence-electron chi connectivity index (χ0n) is 18.1. The predicted octanol–water partition coefficient (Wildman–Crippen LogP) is 2.41. The number of nitrogens with two attached hydrogens (primary N) is 1. The number of rotatable bonds is 5. The molecule has 3 amide bonds. The molecule has 33 heavy (non-hydrogen) atoms. The van der Waals surface area contributed by atoms with Crippen LogP contribution in [0.3, 0.4) is 0 Å². The molecule has 3 aromatic rings. The molecular formula is C23H23N5O4S. The van der Waals surface area contributed by atoms with Gasteiger partial charge in [-0.15, -0.1) is 5.10 Å². The highest BCUT2D eigenvalue weighted by atomic mass is 32.1. The van der Waals surface area contributed by atoms with Gasteiger partial charge in [-0.25, -0.2) is 0 Å². The third kappa shape index (κ3) is 5.01. The van der Waals surface area contributed by atoms with Crippen molar-refractivity contribution in [3.8, 4) is 11.4 Å². The quantitative estimate of drug-likeness (QED) is 0.620. The van der Waals surface area contributed by atoms with Crippen LogP contribution in [0.4, 0.5) is 0 Å². The van der Waals surface area contributed by atoms with Crippen LogP contribution < -0.4 is 15.1 Å². The summed E-state index contributed by atoms with van der Waals surface area (Å²) in [6.07, 6.45) is 2.95. The fourth-order valence-corrected chi connectivity index (χ4v) is 4.34. The lowest BCUT2D eigenvalue weighted by Gasteiger charge is -2.25. The first-order valence-electron chi connectivity index (χ1n) is 10.5. The van der Waals surface area contributed by atoms with Crippen molar-refractivity contribution in [3.05, 3.63) is 70.0 Å². The topological polar surface area (TPSA) is 120 Å². The molecule has 1 fully saturated rings. The van der Waals surface area contributed by atoms with Gasteiger partial charge in [0.25, 0.3) is 11.8 Å². The van der Waals surface area contributed by atoms with E-state index >= 15 is 0 Å². The number of hydrogen-bond acceptors (Lipinski definition) is 6. The molecule has 0 bridgehead atoms. The Morgan fingerprint density at radius 3 is 2.21 bits per heavy atom. The molecule has 0 unspecified atom stereocenters. The zero-order chi connectivity index (χ0) is 23.4. The molecule has 0 spiro atoms. The summed E-state index contributed by atoms with van der Waals surface area (Å²) in [5, 5.41) is 4.47. The minimum absolute atomic E-state index is 0.128. The van der Waals surface area contributed by atoms with Crippen molar-refractivity contribution in [3.63, 3.8) is 0 Å². The molecule has 10 heteroatoms. The molecule has 0 atom stereocenters. The van der Waals surface area contributed by atoms with Crippen molar-refractivity contribution < 1.29 is 19.1 Å². The van der Waals surface area contributed by atoms with Crippen LogP contribution in [0.5, 0.6) is 5.75 Å². The average molecular weight is 466 g/mol. The van der Waals surface area contributed by atoms with Gasteiger partial charge in [0, 0.05) is 24.2 Å². The van der Waals surface area contributed by atoms with E-state index in [-0.39, 0.29) is 16.3 Å². The third-order valence-electron chi connectivity index (χ3n) is 5.32. The molecule has 0 aliphatic carbocycles. The van der Waals surface area contributed by atoms with Crippen molar-refractivity contribution in [1.82, 2.24) is 14.1 Å². The Kier molecular flexibility index (Phi) is 6.64. The fraction of sp³-hybridized carbons (Fsp3) is 0.261. The van der Waals surface area contributed by atoms with Gasteiger partial charge in [0.1, 0.15) is 5.75 Å². The van der Waals surface area contributed by atoms with E-state index in [0.717, 1.165) is 30.8 Å². The second-order valence-corrected chi connectivity index (χ2v) is 8.44. The van der Waals surface area contributed by atoms with E-state index in [2.05, 4.69) is 10.1 Å². The highest BCUT2D eigenvalue weighted by Gasteiger charge is 2.24. The van der Waals surface area contributed by atoms with Gasteiger partial charge < -0.3 is 15.4 Å². The lowest BCUT2D eigenvalue weighted by atomic mass is 10.1. The second-order valence-electron chi connectivity index (χ2n) is 7.53. The number of benzene rings is 2. The molecule has 1 aliphatic rings. The number of hydrogen-bond donors (Lipinski definition) is 1. The molecule has 1 saturated heterocycles. The van der Waals surface area contributed by atoms with Gasteiger partial charge in [-0.05, 0) is 79.3 Å². The summed E-state index contributed by atoms with van der Waals surface area (Å²) in [4.78, 5) is 43.4. The minimum atomic E-state index is -0.535. The first-order chi connectivity index (χ1) is 16.0. The molecule has 170 valence electrons. The number of amides is 3. The van der Waals surface area contributed by atoms with Crippen LogP contribution >= 0.6 is 11.5 Å². The smallest absolute Gasteiger partial charge is 0.278 e. The Morgan fingerprint density at radius 1 is 0.970 bits per heavy atom. The lowest BCUT2D eigenvalue weighted by molar-refractivity contribution is 0.0716. The average Bonchev–Trinajstić information content (AvgIpc) is 3.27. The monoisotopic (exact) mass is 465 g/mol. The van der Waals surface area contributed by atoms with Crippen molar-refractivity contribution in [2.45, 2.75) is 19.3 Å². The van der Waals surface area contributed by atoms with Gasteiger partial charge in [-0.2, -0.15) is 9.06 Å². The van der Waals surface area contributed by atoms with Crippen LogP contribution in [0.2, 0.25) is 0 Å². The summed E-state index contributed by atoms with van der Waals surface area (Å²) in [5.41, 5.74) is 6.80. The first-order valence-corrected chi connectivity index (χ1v) is 11.3. The van der Waals surface area contributed by atoms with E-state index in [0.29, 0.717) is 35.7 Å². The molecule has 1 aromatic heterocycles. The van der Waals surface area contributed by atoms with Crippen LogP contribution in [-0.2, 0) is 0 Å². The van der Waals surface area contributed by atoms with Crippen LogP contribution in [0.15, 0.2) is 53.5 Å². The second kappa shape index (κ2) is 9.78. The molecule has 0 radical (unpaired) electrons. The van der Waals surface area contributed by atoms with Gasteiger partial charge in [-0.3, -0.25) is 14.4 Å². The van der Waals surface area contributed by atoms with E-state index in [1.54, 1.807) is 60.5 Å². The predicted molar refractivity (Wildman–Crippen MR) is 123 cm³/mol. The van der Waals surface area contributed by atoms with E-state index in [1.165, 1.54) is 4.07 Å². The number of piperidine rings is 1. The first kappa shape index (κ1) is 22.4. The molecule has 2 N–H and O–H groups in total. The summed E-state index contributed by atoms with van der Waals surface area (Å²) < 4.78 is 6.87. The van der Waals surface area contributed by atoms with Gasteiger partial charge in [-0.1, -0.05) is 0 Å². The van der Waals surface area contributed by atoms with Crippen molar-refractivity contribution in [1.29, 1.82) is 0 Å². The maximum absolute atomic E-state index is 13.2. The summed E-state index contributed by atoms with van der Waals surface area (Å²) >= 11 is 1.08. The number of carbonyl (C=O) groups is 3. The number of ether oxygens (including phenoxy) is 1. The van der Waals surface area contributed by atoms with Crippen molar-refractivity contribution in [2.24, 2.45) is 10.7 Å². The summed E-state index contributed by atoms with van der Waals surface area (Å²) in [7, 11) is 1.55. The van der Waals surface area contributed by atoms with Crippen LogP contribution in [0, 0.1) is 0 Å². The number of carbonyl (C=O) groups excluding carboxylic acids is 3. The molecule has 1 aliphatic heterocycles. The SMILES string of the molecule is COc1ccc(C(=O)N=c2sn(-c3ccc(C(N)=O)cc3)nc2C(=O)N2CCCCC2)cc1. The Bertz CT molecular complexity index is 1240. The minimum Gasteiger partial charge on any atom is -0.497 e. The summed E-state index contributed by atoms with van der Waals surface area (Å²) in [6.45, 7) is 1.30. The van der Waals surface area contributed by atoms with E-state index in [1.807, 2.05) is 0 Å². The number of nitrogens with zero attached hydrogens (tertiary/aromatic N) is 4. The summed E-state index contributed by atoms with van der Waals surface area (Å²) in [5.74, 6) is -0.639. The number of primary amides is 1. The Morgan fingerprint density at radius 2 is 1.61 bits per heavy atom. The van der Waals surface area contributed by atoms with E-state index < -0.39 is 11.8 Å².